The summed E-state index contributed by atoms with van der Waals surface area (Å²) >= 11 is 0. The van der Waals surface area contributed by atoms with Gasteiger partial charge in [0.05, 0.1) is 27.3 Å². The fourth-order valence-corrected chi connectivity index (χ4v) is 5.97. The lowest BCUT2D eigenvalue weighted by molar-refractivity contribution is -0.137. The normalized spacial score (nSPS) is 22.2. The summed E-state index contributed by atoms with van der Waals surface area (Å²) in [5.41, 5.74) is -0.128. The first-order valence-electron chi connectivity index (χ1n) is 9.34. The molecule has 2 aromatic rings. The van der Waals surface area contributed by atoms with E-state index >= 15 is 0 Å². The number of hydrogen-bond acceptors (Lipinski definition) is 4. The van der Waals surface area contributed by atoms with Crippen molar-refractivity contribution in [2.75, 3.05) is 19.6 Å². The van der Waals surface area contributed by atoms with Crippen LogP contribution in [-0.2, 0) is 21.7 Å². The van der Waals surface area contributed by atoms with E-state index in [1.807, 2.05) is 0 Å². The topological polar surface area (TPSA) is 70.6 Å². The maximum absolute atomic E-state index is 13.3. The van der Waals surface area contributed by atoms with Crippen LogP contribution in [0.4, 0.5) is 13.2 Å². The zero-order chi connectivity index (χ0) is 22.1. The van der Waals surface area contributed by atoms with Gasteiger partial charge in [-0.25, -0.2) is 8.42 Å². The van der Waals surface area contributed by atoms with E-state index in [1.165, 1.54) is 11.2 Å². The van der Waals surface area contributed by atoms with Gasteiger partial charge in [-0.3, -0.25) is 9.78 Å². The van der Waals surface area contributed by atoms with Gasteiger partial charge in [-0.15, -0.1) is 0 Å². The van der Waals surface area contributed by atoms with Gasteiger partial charge < -0.3 is 4.90 Å². The number of carbonyl (C=O) groups is 1. The quantitative estimate of drug-likeness (QED) is 0.721. The Bertz CT molecular complexity index is 1160. The first kappa shape index (κ1) is 20.8. The molecule has 3 heterocycles. The van der Waals surface area contributed by atoms with E-state index in [9.17, 15) is 26.4 Å². The Morgan fingerprint density at radius 2 is 1.80 bits per heavy atom. The molecule has 2 aliphatic rings. The largest absolute Gasteiger partial charge is 0.416 e. The molecule has 4 rings (SSSR count). The molecule has 1 amide bonds. The van der Waals surface area contributed by atoms with E-state index < -0.39 is 27.3 Å². The van der Waals surface area contributed by atoms with Gasteiger partial charge in [-0.2, -0.15) is 17.5 Å². The number of rotatable bonds is 2. The third-order valence-corrected chi connectivity index (χ3v) is 7.80. The van der Waals surface area contributed by atoms with Crippen LogP contribution >= 0.6 is 0 Å². The molecule has 30 heavy (non-hydrogen) atoms. The van der Waals surface area contributed by atoms with Crippen LogP contribution in [-0.4, -0.2) is 48.1 Å². The monoisotopic (exact) mass is 439 g/mol. The lowest BCUT2D eigenvalue weighted by Crippen LogP contribution is -2.58. The van der Waals surface area contributed by atoms with Crippen molar-refractivity contribution in [1.29, 1.82) is 0 Å². The maximum Gasteiger partial charge on any atom is 0.416 e. The van der Waals surface area contributed by atoms with Gasteiger partial charge >= 0.3 is 6.18 Å². The Morgan fingerprint density at radius 3 is 2.43 bits per heavy atom. The second-order valence-electron chi connectivity index (χ2n) is 7.90. The summed E-state index contributed by atoms with van der Waals surface area (Å²) in [7, 11) is -4.06. The third-order valence-electron chi connectivity index (χ3n) is 5.79. The van der Waals surface area contributed by atoms with E-state index in [0.717, 1.165) is 18.2 Å². The summed E-state index contributed by atoms with van der Waals surface area (Å²) < 4.78 is 66.7. The molecular weight excluding hydrogens is 419 g/mol. The smallest absolute Gasteiger partial charge is 0.325 e. The maximum atomic E-state index is 13.3. The lowest BCUT2D eigenvalue weighted by Gasteiger charge is -2.44. The molecule has 1 atom stereocenters. The fourth-order valence-electron chi connectivity index (χ4n) is 4.24. The Kier molecular flexibility index (Phi) is 4.52. The molecule has 0 radical (unpaired) electrons. The van der Waals surface area contributed by atoms with E-state index in [0.29, 0.717) is 17.0 Å². The lowest BCUT2D eigenvalue weighted by atomic mass is 9.95. The van der Waals surface area contributed by atoms with Crippen LogP contribution in [0.1, 0.15) is 39.8 Å². The Labute approximate surface area is 172 Å². The van der Waals surface area contributed by atoms with E-state index in [-0.39, 0.29) is 36.0 Å². The molecule has 0 N–H and O–H groups in total. The number of amides is 1. The summed E-state index contributed by atoms with van der Waals surface area (Å²) in [6.45, 7) is 5.11. The first-order chi connectivity index (χ1) is 13.9. The number of pyridine rings is 1. The third kappa shape index (κ3) is 3.01. The van der Waals surface area contributed by atoms with Crippen LogP contribution < -0.4 is 0 Å². The van der Waals surface area contributed by atoms with Gasteiger partial charge in [0, 0.05) is 25.3 Å². The summed E-state index contributed by atoms with van der Waals surface area (Å²) in [5.74, 6) is -0.192. The van der Waals surface area contributed by atoms with Crippen molar-refractivity contribution in [2.24, 2.45) is 0 Å². The van der Waals surface area contributed by atoms with Gasteiger partial charge in [0.15, 0.2) is 0 Å². The number of halogens is 3. The van der Waals surface area contributed by atoms with Gasteiger partial charge in [0.2, 0.25) is 10.0 Å². The molecule has 160 valence electrons. The highest BCUT2D eigenvalue weighted by Crippen LogP contribution is 2.42. The van der Waals surface area contributed by atoms with Crippen LogP contribution in [0.25, 0.3) is 0 Å². The molecule has 6 nitrogen and oxygen atoms in total. The molecule has 10 heteroatoms. The molecule has 0 spiro atoms. The molecule has 1 saturated heterocycles. The number of hydrogen-bond donors (Lipinski definition) is 0. The number of alkyl halides is 3. The number of fused-ring (bicyclic) bond motifs is 3. The number of piperazine rings is 1. The van der Waals surface area contributed by atoms with Crippen LogP contribution in [0.5, 0.6) is 0 Å². The highest BCUT2D eigenvalue weighted by molar-refractivity contribution is 7.89. The van der Waals surface area contributed by atoms with Crippen molar-refractivity contribution in [2.45, 2.75) is 37.4 Å². The first-order valence-corrected chi connectivity index (χ1v) is 10.8. The minimum absolute atomic E-state index is 0.0225. The minimum Gasteiger partial charge on any atom is -0.325 e. The zero-order valence-corrected chi connectivity index (χ0v) is 17.4. The van der Waals surface area contributed by atoms with Crippen molar-refractivity contribution in [3.63, 3.8) is 0 Å². The standard InChI is InChI=1S/C20H20F3N3O3S/c1-12-10-14(20(21,22)23)5-7-16(12)30(28,29)25-8-9-26-18(27)15-6-4-13(2)24-17(15)19(26,3)11-25/h4-7,10H,8-9,11H2,1-3H3. The number of nitrogens with zero attached hydrogens (tertiary/aromatic N) is 3. The number of benzene rings is 1. The summed E-state index contributed by atoms with van der Waals surface area (Å²) in [6.07, 6.45) is -4.55. The molecule has 1 aromatic heterocycles. The minimum atomic E-state index is -4.55. The van der Waals surface area contributed by atoms with Crippen LogP contribution in [0.3, 0.4) is 0 Å². The average molecular weight is 439 g/mol. The zero-order valence-electron chi connectivity index (χ0n) is 16.6. The van der Waals surface area contributed by atoms with Gasteiger partial charge in [0.25, 0.3) is 5.91 Å². The highest BCUT2D eigenvalue weighted by atomic mass is 32.2. The molecule has 0 bridgehead atoms. The fraction of sp³-hybridized carbons (Fsp3) is 0.400. The molecule has 0 saturated carbocycles. The Balaban J connectivity index is 1.72. The number of carbonyl (C=O) groups excluding carboxylic acids is 1. The predicted molar refractivity (Wildman–Crippen MR) is 102 cm³/mol. The van der Waals surface area contributed by atoms with Gasteiger partial charge in [0.1, 0.15) is 0 Å². The average Bonchev–Trinajstić information content (AvgIpc) is 2.87. The van der Waals surface area contributed by atoms with Crippen LogP contribution in [0, 0.1) is 13.8 Å². The van der Waals surface area contributed by atoms with Crippen molar-refractivity contribution in [3.05, 3.63) is 58.4 Å². The second kappa shape index (κ2) is 6.52. The SMILES string of the molecule is Cc1ccc2c(n1)C1(C)CN(S(=O)(=O)c3ccc(C(F)(F)F)cc3C)CCN1C2=O. The summed E-state index contributed by atoms with van der Waals surface area (Å²) in [5, 5.41) is 0. The molecule has 1 unspecified atom stereocenters. The summed E-state index contributed by atoms with van der Waals surface area (Å²) in [6, 6.07) is 6.04. The van der Waals surface area contributed by atoms with E-state index in [4.69, 9.17) is 0 Å². The number of aromatic nitrogens is 1. The van der Waals surface area contributed by atoms with Crippen molar-refractivity contribution in [1.82, 2.24) is 14.2 Å². The molecule has 0 aliphatic carbocycles. The van der Waals surface area contributed by atoms with Crippen molar-refractivity contribution >= 4 is 15.9 Å². The number of sulfonamides is 1. The second-order valence-corrected chi connectivity index (χ2v) is 9.80. The summed E-state index contributed by atoms with van der Waals surface area (Å²) in [4.78, 5) is 18.7. The Morgan fingerprint density at radius 1 is 1.10 bits per heavy atom. The molecule has 1 fully saturated rings. The Hall–Kier alpha value is -2.46. The van der Waals surface area contributed by atoms with Gasteiger partial charge in [-0.1, -0.05) is 0 Å². The van der Waals surface area contributed by atoms with Crippen LogP contribution in [0.15, 0.2) is 35.2 Å². The molecular formula is C20H20F3N3O3S. The van der Waals surface area contributed by atoms with Crippen LogP contribution in [0.2, 0.25) is 0 Å². The van der Waals surface area contributed by atoms with Crippen molar-refractivity contribution < 1.29 is 26.4 Å². The van der Waals surface area contributed by atoms with E-state index in [2.05, 4.69) is 4.98 Å². The van der Waals surface area contributed by atoms with Crippen molar-refractivity contribution in [3.8, 4) is 0 Å². The van der Waals surface area contributed by atoms with E-state index in [1.54, 1.807) is 30.9 Å². The molecule has 1 aromatic carbocycles. The number of aryl methyl sites for hydroxylation is 2. The molecule has 2 aliphatic heterocycles. The highest BCUT2D eigenvalue weighted by Gasteiger charge is 2.52. The van der Waals surface area contributed by atoms with Gasteiger partial charge in [-0.05, 0) is 56.7 Å². The predicted octanol–water partition coefficient (Wildman–Crippen LogP) is 3.09.